The summed E-state index contributed by atoms with van der Waals surface area (Å²) < 4.78 is 0. The first-order chi connectivity index (χ1) is 20.0. The van der Waals surface area contributed by atoms with E-state index in [0.29, 0.717) is 5.56 Å². The van der Waals surface area contributed by atoms with Crippen LogP contribution in [0.25, 0.3) is 39.6 Å². The Balaban J connectivity index is 1.21. The number of hydrogen-bond donors (Lipinski definition) is 0. The van der Waals surface area contributed by atoms with Crippen LogP contribution in [0.15, 0.2) is 115 Å². The van der Waals surface area contributed by atoms with Crippen LogP contribution in [0.3, 0.4) is 0 Å². The molecule has 2 aliphatic carbocycles. The van der Waals surface area contributed by atoms with Crippen LogP contribution in [-0.2, 0) is 6.42 Å². The van der Waals surface area contributed by atoms with Gasteiger partial charge in [0, 0.05) is 11.1 Å². The Labute approximate surface area is 240 Å². The third-order valence-electron chi connectivity index (χ3n) is 8.99. The van der Waals surface area contributed by atoms with E-state index < -0.39 is 0 Å². The summed E-state index contributed by atoms with van der Waals surface area (Å²) in [6.07, 6.45) is 18.3. The third kappa shape index (κ3) is 3.41. The molecule has 0 radical (unpaired) electrons. The Hall–Kier alpha value is -5.20. The molecule has 0 saturated heterocycles. The monoisotopic (exact) mass is 525 g/mol. The molecule has 0 aromatic heterocycles. The molecule has 2 heterocycles. The zero-order valence-electron chi connectivity index (χ0n) is 22.8. The van der Waals surface area contributed by atoms with Gasteiger partial charge in [-0.25, -0.2) is 0 Å². The number of anilines is 1. The van der Waals surface area contributed by atoms with Crippen molar-refractivity contribution in [3.05, 3.63) is 143 Å². The van der Waals surface area contributed by atoms with E-state index in [1.54, 1.807) is 0 Å². The summed E-state index contributed by atoms with van der Waals surface area (Å²) in [5.41, 5.74) is 10.6. The Kier molecular flexibility index (Phi) is 4.99. The molecule has 0 spiro atoms. The van der Waals surface area contributed by atoms with Crippen molar-refractivity contribution in [3.8, 4) is 17.2 Å². The Morgan fingerprint density at radius 2 is 1.95 bits per heavy atom. The van der Waals surface area contributed by atoms with Crippen molar-refractivity contribution in [1.29, 1.82) is 5.26 Å². The van der Waals surface area contributed by atoms with Crippen molar-refractivity contribution in [2.24, 2.45) is 4.99 Å². The Morgan fingerprint density at radius 3 is 2.85 bits per heavy atom. The molecule has 0 N–H and O–H groups in total. The second-order valence-corrected chi connectivity index (χ2v) is 11.4. The number of nitrogens with zero attached hydrogens (tertiary/aromatic N) is 3. The van der Waals surface area contributed by atoms with Crippen LogP contribution in [0.2, 0.25) is 0 Å². The van der Waals surface area contributed by atoms with Gasteiger partial charge in [-0.1, -0.05) is 104 Å². The molecule has 4 aliphatic rings. The highest BCUT2D eigenvalue weighted by Gasteiger charge is 2.48. The molecule has 1 unspecified atom stereocenters. The maximum absolute atomic E-state index is 9.71. The zero-order chi connectivity index (χ0) is 27.7. The predicted molar refractivity (Wildman–Crippen MR) is 171 cm³/mol. The van der Waals surface area contributed by atoms with Crippen molar-refractivity contribution in [2.45, 2.75) is 24.9 Å². The molecule has 8 rings (SSSR count). The maximum atomic E-state index is 9.71. The van der Waals surface area contributed by atoms with Gasteiger partial charge in [-0.15, -0.1) is 0 Å². The fourth-order valence-electron chi connectivity index (χ4n) is 6.86. The maximum Gasteiger partial charge on any atom is 0.137 e. The molecular formula is C38H27N3. The summed E-state index contributed by atoms with van der Waals surface area (Å²) in [4.78, 5) is 7.50. The van der Waals surface area contributed by atoms with E-state index in [-0.39, 0.29) is 11.6 Å². The second kappa shape index (κ2) is 8.65. The van der Waals surface area contributed by atoms with E-state index in [9.17, 15) is 5.26 Å². The smallest absolute Gasteiger partial charge is 0.137 e. The highest BCUT2D eigenvalue weighted by Crippen LogP contribution is 2.49. The van der Waals surface area contributed by atoms with Gasteiger partial charge < -0.3 is 4.90 Å². The van der Waals surface area contributed by atoms with Crippen molar-refractivity contribution < 1.29 is 0 Å². The largest absolute Gasteiger partial charge is 0.314 e. The van der Waals surface area contributed by atoms with E-state index in [1.165, 1.54) is 27.5 Å². The van der Waals surface area contributed by atoms with E-state index in [2.05, 4.69) is 128 Å². The van der Waals surface area contributed by atoms with Gasteiger partial charge in [0.15, 0.2) is 0 Å². The summed E-state index contributed by atoms with van der Waals surface area (Å²) in [6.45, 7) is 6.68. The first kappa shape index (κ1) is 23.7. The summed E-state index contributed by atoms with van der Waals surface area (Å²) in [5, 5.41) is 12.3. The first-order valence-electron chi connectivity index (χ1n) is 14.1. The van der Waals surface area contributed by atoms with E-state index in [1.807, 2.05) is 12.1 Å². The lowest BCUT2D eigenvalue weighted by atomic mass is 9.83. The van der Waals surface area contributed by atoms with Crippen molar-refractivity contribution in [1.82, 2.24) is 0 Å². The quantitative estimate of drug-likeness (QED) is 0.252. The van der Waals surface area contributed by atoms with Crippen LogP contribution in [0.4, 0.5) is 5.69 Å². The Bertz CT molecular complexity index is 2030. The van der Waals surface area contributed by atoms with Gasteiger partial charge in [0.05, 0.1) is 28.9 Å². The minimum atomic E-state index is -0.315. The molecule has 0 bridgehead atoms. The molecule has 2 atom stereocenters. The first-order valence-corrected chi connectivity index (χ1v) is 14.1. The molecule has 3 heteroatoms. The lowest BCUT2D eigenvalue weighted by Gasteiger charge is -2.42. The summed E-state index contributed by atoms with van der Waals surface area (Å²) >= 11 is 0. The summed E-state index contributed by atoms with van der Waals surface area (Å²) in [7, 11) is 0. The van der Waals surface area contributed by atoms with Gasteiger partial charge in [-0.05, 0) is 75.7 Å². The van der Waals surface area contributed by atoms with Crippen LogP contribution in [-0.4, -0.2) is 17.4 Å². The van der Waals surface area contributed by atoms with Gasteiger partial charge in [0.2, 0.25) is 0 Å². The number of hydrogen-bond acceptors (Lipinski definition) is 3. The third-order valence-corrected chi connectivity index (χ3v) is 8.99. The average Bonchev–Trinajstić information content (AvgIpc) is 3.33. The normalized spacial score (nSPS) is 20.8. The SMILES string of the molecule is C=C(/C=C\c1ccc2cccc3c2c1CC=C3)c1ccc2c(c1)-c1ccc(C#N)cc1N1C2=NC2C=CC=C[C@@]21C. The number of benzene rings is 4. The van der Waals surface area contributed by atoms with Crippen LogP contribution >= 0.6 is 0 Å². The number of nitriles is 1. The van der Waals surface area contributed by atoms with Gasteiger partial charge in [-0.2, -0.15) is 5.26 Å². The van der Waals surface area contributed by atoms with Gasteiger partial charge in [0.1, 0.15) is 5.84 Å². The van der Waals surface area contributed by atoms with Crippen molar-refractivity contribution in [3.63, 3.8) is 0 Å². The van der Waals surface area contributed by atoms with Crippen LogP contribution in [0, 0.1) is 11.3 Å². The molecule has 0 amide bonds. The minimum absolute atomic E-state index is 0.0166. The standard InChI is InChI=1S/C38H27N3/c1-24(12-14-26-15-16-28-8-5-7-27-9-6-10-30(26)36(27)28)29-17-19-32-33(22-29)31-18-13-25(23-39)21-34(31)41-37(32)40-35-11-3-4-20-38(35,41)2/h3-9,11-22,35H,1,10H2,2H3/b14-12-/t35?,38-/m0/s1. The van der Waals surface area contributed by atoms with Crippen LogP contribution < -0.4 is 4.90 Å². The predicted octanol–water partition coefficient (Wildman–Crippen LogP) is 8.51. The molecule has 0 saturated carbocycles. The van der Waals surface area contributed by atoms with E-state index >= 15 is 0 Å². The molecule has 41 heavy (non-hydrogen) atoms. The highest BCUT2D eigenvalue weighted by molar-refractivity contribution is 6.21. The fourth-order valence-corrected chi connectivity index (χ4v) is 6.86. The lowest BCUT2D eigenvalue weighted by molar-refractivity contribution is 0.546. The topological polar surface area (TPSA) is 39.4 Å². The summed E-state index contributed by atoms with van der Waals surface area (Å²) in [6, 6.07) is 25.8. The summed E-state index contributed by atoms with van der Waals surface area (Å²) in [5.74, 6) is 0.957. The van der Waals surface area contributed by atoms with Crippen molar-refractivity contribution in [2.75, 3.05) is 4.90 Å². The highest BCUT2D eigenvalue weighted by atomic mass is 15.3. The number of amidine groups is 1. The molecule has 194 valence electrons. The van der Waals surface area contributed by atoms with Gasteiger partial charge >= 0.3 is 0 Å². The Morgan fingerprint density at radius 1 is 1.05 bits per heavy atom. The minimum Gasteiger partial charge on any atom is -0.314 e. The molecule has 3 nitrogen and oxygen atoms in total. The van der Waals surface area contributed by atoms with E-state index in [4.69, 9.17) is 4.99 Å². The number of aliphatic imine (C=N–C) groups is 1. The average molecular weight is 526 g/mol. The van der Waals surface area contributed by atoms with Gasteiger partial charge in [-0.3, -0.25) is 4.99 Å². The molecular weight excluding hydrogens is 498 g/mol. The van der Waals surface area contributed by atoms with E-state index in [0.717, 1.165) is 45.8 Å². The zero-order valence-corrected chi connectivity index (χ0v) is 22.8. The molecule has 2 aliphatic heterocycles. The molecule has 4 aromatic rings. The fraction of sp³-hybridized carbons (Fsp3) is 0.105. The number of fused-ring (bicyclic) bond motifs is 8. The van der Waals surface area contributed by atoms with Gasteiger partial charge in [0.25, 0.3) is 0 Å². The van der Waals surface area contributed by atoms with Crippen LogP contribution in [0.1, 0.15) is 40.3 Å². The molecule has 0 fully saturated rings. The second-order valence-electron chi connectivity index (χ2n) is 11.4. The lowest BCUT2D eigenvalue weighted by Crippen LogP contribution is -2.51. The van der Waals surface area contributed by atoms with Crippen LogP contribution in [0.5, 0.6) is 0 Å². The number of allylic oxidation sites excluding steroid dienone is 5. The molecule has 4 aromatic carbocycles. The van der Waals surface area contributed by atoms with Crippen molar-refractivity contribution >= 4 is 40.0 Å². The number of rotatable bonds is 3.